The molecule has 0 bridgehead atoms. The van der Waals surface area contributed by atoms with E-state index >= 15 is 0 Å². The molecular weight excluding hydrogens is 366 g/mol. The summed E-state index contributed by atoms with van der Waals surface area (Å²) in [6.07, 6.45) is 4.21. The molecule has 0 radical (unpaired) electrons. The lowest BCUT2D eigenvalue weighted by molar-refractivity contribution is -0.116. The van der Waals surface area contributed by atoms with Gasteiger partial charge in [-0.25, -0.2) is 0 Å². The SMILES string of the molecule is CCCc1c(C)cccc1Oc1ccc(C2CC(=O)Nc3n[nH]cc32)cc1OC. The fourth-order valence-corrected chi connectivity index (χ4v) is 3.89. The summed E-state index contributed by atoms with van der Waals surface area (Å²) in [5.41, 5.74) is 4.41. The number of aryl methyl sites for hydroxylation is 1. The maximum atomic E-state index is 12.1. The minimum atomic E-state index is -0.0740. The predicted molar refractivity (Wildman–Crippen MR) is 112 cm³/mol. The van der Waals surface area contributed by atoms with E-state index in [1.165, 1.54) is 11.1 Å². The van der Waals surface area contributed by atoms with Crippen LogP contribution in [0.5, 0.6) is 17.2 Å². The monoisotopic (exact) mass is 391 g/mol. The van der Waals surface area contributed by atoms with Gasteiger partial charge in [0.1, 0.15) is 5.75 Å². The Morgan fingerprint density at radius 1 is 1.17 bits per heavy atom. The van der Waals surface area contributed by atoms with Gasteiger partial charge in [-0.15, -0.1) is 0 Å². The van der Waals surface area contributed by atoms with Crippen molar-refractivity contribution >= 4 is 11.7 Å². The molecule has 0 fully saturated rings. The first-order chi connectivity index (χ1) is 14.1. The van der Waals surface area contributed by atoms with Gasteiger partial charge in [-0.3, -0.25) is 9.89 Å². The zero-order chi connectivity index (χ0) is 20.4. The summed E-state index contributed by atoms with van der Waals surface area (Å²) in [5, 5.41) is 9.76. The van der Waals surface area contributed by atoms with E-state index in [1.54, 1.807) is 7.11 Å². The number of aromatic amines is 1. The van der Waals surface area contributed by atoms with Crippen LogP contribution in [-0.2, 0) is 11.2 Å². The Hall–Kier alpha value is -3.28. The molecule has 29 heavy (non-hydrogen) atoms. The minimum absolute atomic E-state index is 0.0436. The van der Waals surface area contributed by atoms with Crippen molar-refractivity contribution in [3.05, 3.63) is 64.8 Å². The van der Waals surface area contributed by atoms with E-state index in [1.807, 2.05) is 36.5 Å². The smallest absolute Gasteiger partial charge is 0.226 e. The van der Waals surface area contributed by atoms with Crippen LogP contribution >= 0.6 is 0 Å². The molecule has 3 aromatic rings. The molecule has 1 aliphatic heterocycles. The Kier molecular flexibility index (Phi) is 5.25. The van der Waals surface area contributed by atoms with E-state index in [-0.39, 0.29) is 11.8 Å². The molecule has 1 aromatic heterocycles. The number of anilines is 1. The Labute approximate surface area is 170 Å². The second-order valence-electron chi connectivity index (χ2n) is 7.31. The molecule has 2 N–H and O–H groups in total. The standard InChI is InChI=1S/C23H25N3O3/c1-4-6-16-14(2)7-5-8-19(16)29-20-10-9-15(11-21(20)28-3)17-12-22(27)25-23-18(17)13-24-26-23/h5,7-11,13,17H,4,6,12H2,1-3H3,(H2,24,25,26,27). The minimum Gasteiger partial charge on any atom is -0.493 e. The fraction of sp³-hybridized carbons (Fsp3) is 0.304. The van der Waals surface area contributed by atoms with Crippen molar-refractivity contribution in [2.24, 2.45) is 0 Å². The lowest BCUT2D eigenvalue weighted by atomic mass is 9.87. The van der Waals surface area contributed by atoms with Crippen LogP contribution in [0.3, 0.4) is 0 Å². The number of hydrogen-bond acceptors (Lipinski definition) is 4. The number of ether oxygens (including phenoxy) is 2. The number of carbonyl (C=O) groups excluding carboxylic acids is 1. The van der Waals surface area contributed by atoms with E-state index in [0.717, 1.165) is 29.7 Å². The summed E-state index contributed by atoms with van der Waals surface area (Å²) in [6, 6.07) is 12.0. The first-order valence-corrected chi connectivity index (χ1v) is 9.88. The molecule has 1 unspecified atom stereocenters. The van der Waals surface area contributed by atoms with Gasteiger partial charge < -0.3 is 14.8 Å². The van der Waals surface area contributed by atoms with Crippen LogP contribution in [-0.4, -0.2) is 23.2 Å². The number of methoxy groups -OCH3 is 1. The highest BCUT2D eigenvalue weighted by Crippen LogP contribution is 2.41. The van der Waals surface area contributed by atoms with Gasteiger partial charge in [-0.2, -0.15) is 5.10 Å². The third-order valence-corrected chi connectivity index (χ3v) is 5.37. The van der Waals surface area contributed by atoms with Gasteiger partial charge in [0.15, 0.2) is 17.3 Å². The number of amides is 1. The zero-order valence-electron chi connectivity index (χ0n) is 16.9. The number of hydrogen-bond donors (Lipinski definition) is 2. The molecule has 0 spiro atoms. The van der Waals surface area contributed by atoms with Gasteiger partial charge in [0, 0.05) is 24.1 Å². The fourth-order valence-electron chi connectivity index (χ4n) is 3.89. The summed E-state index contributed by atoms with van der Waals surface area (Å²) >= 11 is 0. The maximum absolute atomic E-state index is 12.1. The molecule has 150 valence electrons. The summed E-state index contributed by atoms with van der Waals surface area (Å²) in [7, 11) is 1.63. The molecule has 6 nitrogen and oxygen atoms in total. The topological polar surface area (TPSA) is 76.2 Å². The molecule has 4 rings (SSSR count). The molecule has 6 heteroatoms. The van der Waals surface area contributed by atoms with Crippen LogP contribution in [0.1, 0.15) is 47.9 Å². The average molecular weight is 391 g/mol. The molecule has 0 aliphatic carbocycles. The number of nitrogens with zero attached hydrogens (tertiary/aromatic N) is 1. The Balaban J connectivity index is 1.67. The van der Waals surface area contributed by atoms with Crippen molar-refractivity contribution in [1.29, 1.82) is 0 Å². The maximum Gasteiger partial charge on any atom is 0.226 e. The Morgan fingerprint density at radius 2 is 2.03 bits per heavy atom. The average Bonchev–Trinajstić information content (AvgIpc) is 3.18. The first kappa shape index (κ1) is 19.1. The van der Waals surface area contributed by atoms with Crippen molar-refractivity contribution in [3.63, 3.8) is 0 Å². The molecule has 0 saturated heterocycles. The quantitative estimate of drug-likeness (QED) is 0.624. The number of aromatic nitrogens is 2. The molecule has 1 aliphatic rings. The van der Waals surface area contributed by atoms with E-state index in [0.29, 0.717) is 23.7 Å². The molecule has 2 aromatic carbocycles. The summed E-state index contributed by atoms with van der Waals surface area (Å²) in [4.78, 5) is 12.1. The van der Waals surface area contributed by atoms with Crippen molar-refractivity contribution in [2.45, 2.75) is 39.0 Å². The summed E-state index contributed by atoms with van der Waals surface area (Å²) in [5.74, 6) is 2.63. The second-order valence-corrected chi connectivity index (χ2v) is 7.31. The largest absolute Gasteiger partial charge is 0.493 e. The van der Waals surface area contributed by atoms with Crippen LogP contribution < -0.4 is 14.8 Å². The van der Waals surface area contributed by atoms with Crippen molar-refractivity contribution in [2.75, 3.05) is 12.4 Å². The van der Waals surface area contributed by atoms with E-state index < -0.39 is 0 Å². The molecule has 2 heterocycles. The number of carbonyl (C=O) groups is 1. The van der Waals surface area contributed by atoms with Gasteiger partial charge in [-0.1, -0.05) is 31.5 Å². The van der Waals surface area contributed by atoms with Gasteiger partial charge >= 0.3 is 0 Å². The number of rotatable bonds is 6. The van der Waals surface area contributed by atoms with Gasteiger partial charge in [0.2, 0.25) is 5.91 Å². The second kappa shape index (κ2) is 7.99. The lowest BCUT2D eigenvalue weighted by Crippen LogP contribution is -2.23. The van der Waals surface area contributed by atoms with Crippen LogP contribution in [0, 0.1) is 6.92 Å². The molecule has 1 amide bonds. The first-order valence-electron chi connectivity index (χ1n) is 9.88. The van der Waals surface area contributed by atoms with E-state index in [9.17, 15) is 4.79 Å². The highest BCUT2D eigenvalue weighted by Gasteiger charge is 2.29. The number of fused-ring (bicyclic) bond motifs is 1. The lowest BCUT2D eigenvalue weighted by Gasteiger charge is -2.23. The van der Waals surface area contributed by atoms with Gasteiger partial charge in [-0.05, 0) is 48.2 Å². The van der Waals surface area contributed by atoms with Crippen molar-refractivity contribution < 1.29 is 14.3 Å². The van der Waals surface area contributed by atoms with E-state index in [4.69, 9.17) is 9.47 Å². The number of benzene rings is 2. The van der Waals surface area contributed by atoms with Gasteiger partial charge in [0.05, 0.1) is 7.11 Å². The zero-order valence-corrected chi connectivity index (χ0v) is 16.9. The molecular formula is C23H25N3O3. The van der Waals surface area contributed by atoms with Crippen LogP contribution in [0.4, 0.5) is 5.82 Å². The predicted octanol–water partition coefficient (Wildman–Crippen LogP) is 4.95. The van der Waals surface area contributed by atoms with E-state index in [2.05, 4.69) is 35.4 Å². The normalized spacial score (nSPS) is 15.6. The Morgan fingerprint density at radius 3 is 2.83 bits per heavy atom. The highest BCUT2D eigenvalue weighted by atomic mass is 16.5. The number of nitrogens with one attached hydrogen (secondary N) is 2. The number of H-pyrrole nitrogens is 1. The molecule has 1 atom stereocenters. The third-order valence-electron chi connectivity index (χ3n) is 5.37. The third kappa shape index (κ3) is 3.70. The summed E-state index contributed by atoms with van der Waals surface area (Å²) < 4.78 is 11.9. The van der Waals surface area contributed by atoms with Crippen molar-refractivity contribution in [3.8, 4) is 17.2 Å². The van der Waals surface area contributed by atoms with Crippen LogP contribution in [0.25, 0.3) is 0 Å². The van der Waals surface area contributed by atoms with Crippen LogP contribution in [0.15, 0.2) is 42.6 Å². The summed E-state index contributed by atoms with van der Waals surface area (Å²) in [6.45, 7) is 4.27. The van der Waals surface area contributed by atoms with Gasteiger partial charge in [0.25, 0.3) is 0 Å². The van der Waals surface area contributed by atoms with Crippen molar-refractivity contribution in [1.82, 2.24) is 10.2 Å². The highest BCUT2D eigenvalue weighted by molar-refractivity contribution is 5.94. The Bertz CT molecular complexity index is 1040. The van der Waals surface area contributed by atoms with Crippen LogP contribution in [0.2, 0.25) is 0 Å². The molecule has 0 saturated carbocycles.